The maximum absolute atomic E-state index is 11.5. The molecule has 1 aliphatic rings. The number of carbonyl (C=O) groups excluding carboxylic acids is 1. The van der Waals surface area contributed by atoms with Crippen LogP contribution in [0.3, 0.4) is 0 Å². The molecule has 1 atom stereocenters. The lowest BCUT2D eigenvalue weighted by molar-refractivity contribution is -0.115. The summed E-state index contributed by atoms with van der Waals surface area (Å²) in [5.74, 6) is 1.03. The predicted octanol–water partition coefficient (Wildman–Crippen LogP) is 2.79. The molecule has 0 saturated heterocycles. The highest BCUT2D eigenvalue weighted by molar-refractivity contribution is 9.10. The van der Waals surface area contributed by atoms with Crippen LogP contribution in [0.5, 0.6) is 11.5 Å². The van der Waals surface area contributed by atoms with E-state index in [-0.39, 0.29) is 5.91 Å². The summed E-state index contributed by atoms with van der Waals surface area (Å²) in [5.41, 5.74) is 0.617. The van der Waals surface area contributed by atoms with Gasteiger partial charge in [-0.1, -0.05) is 0 Å². The zero-order valence-electron chi connectivity index (χ0n) is 9.13. The largest absolute Gasteiger partial charge is 0.486 e. The Bertz CT molecular complexity index is 451. The number of alkyl halides is 1. The van der Waals surface area contributed by atoms with Crippen molar-refractivity contribution >= 4 is 39.1 Å². The molecule has 92 valence electrons. The minimum absolute atomic E-state index is 0.260. The predicted molar refractivity (Wildman–Crippen MR) is 69.1 cm³/mol. The van der Waals surface area contributed by atoms with E-state index < -0.39 is 5.38 Å². The Morgan fingerprint density at radius 3 is 2.59 bits per heavy atom. The lowest BCUT2D eigenvalue weighted by atomic mass is 10.2. The lowest BCUT2D eigenvalue weighted by Crippen LogP contribution is -2.21. The number of ether oxygens (including phenoxy) is 2. The van der Waals surface area contributed by atoms with Crippen molar-refractivity contribution in [3.63, 3.8) is 0 Å². The van der Waals surface area contributed by atoms with Crippen LogP contribution in [-0.4, -0.2) is 24.5 Å². The molecule has 1 N–H and O–H groups in total. The zero-order chi connectivity index (χ0) is 12.4. The Labute approximate surface area is 112 Å². The molecule has 1 heterocycles. The van der Waals surface area contributed by atoms with Crippen molar-refractivity contribution in [1.82, 2.24) is 0 Å². The third kappa shape index (κ3) is 2.84. The summed E-state index contributed by atoms with van der Waals surface area (Å²) in [7, 11) is 0. The number of benzene rings is 1. The molecule has 1 amide bonds. The zero-order valence-corrected chi connectivity index (χ0v) is 11.5. The van der Waals surface area contributed by atoms with Crippen molar-refractivity contribution in [3.05, 3.63) is 16.6 Å². The first-order chi connectivity index (χ1) is 8.08. The highest BCUT2D eigenvalue weighted by Gasteiger charge is 2.17. The molecule has 0 fully saturated rings. The number of hydrogen-bond donors (Lipinski definition) is 1. The van der Waals surface area contributed by atoms with Crippen molar-refractivity contribution in [2.24, 2.45) is 0 Å². The van der Waals surface area contributed by atoms with Crippen molar-refractivity contribution in [3.8, 4) is 11.5 Å². The van der Waals surface area contributed by atoms with Gasteiger partial charge < -0.3 is 14.8 Å². The van der Waals surface area contributed by atoms with E-state index >= 15 is 0 Å². The summed E-state index contributed by atoms with van der Waals surface area (Å²) in [5, 5.41) is 2.12. The monoisotopic (exact) mass is 319 g/mol. The fraction of sp³-hybridized carbons (Fsp3) is 0.364. The van der Waals surface area contributed by atoms with Gasteiger partial charge in [-0.25, -0.2) is 0 Å². The average Bonchev–Trinajstić information content (AvgIpc) is 2.29. The van der Waals surface area contributed by atoms with Crippen LogP contribution in [0.4, 0.5) is 5.69 Å². The SMILES string of the molecule is CC(Cl)C(=O)Nc1cc2c(cc1Br)OCCO2. The Kier molecular flexibility index (Phi) is 3.79. The average molecular weight is 321 g/mol. The second-order valence-electron chi connectivity index (χ2n) is 3.58. The van der Waals surface area contributed by atoms with E-state index in [1.165, 1.54) is 0 Å². The summed E-state index contributed by atoms with van der Waals surface area (Å²) >= 11 is 9.05. The van der Waals surface area contributed by atoms with Crippen molar-refractivity contribution in [2.45, 2.75) is 12.3 Å². The minimum Gasteiger partial charge on any atom is -0.486 e. The molecule has 17 heavy (non-hydrogen) atoms. The van der Waals surface area contributed by atoms with E-state index in [1.807, 2.05) is 0 Å². The van der Waals surface area contributed by atoms with E-state index in [2.05, 4.69) is 21.2 Å². The van der Waals surface area contributed by atoms with Gasteiger partial charge in [-0.3, -0.25) is 4.79 Å². The van der Waals surface area contributed by atoms with Gasteiger partial charge in [-0.15, -0.1) is 11.6 Å². The molecule has 0 aromatic heterocycles. The topological polar surface area (TPSA) is 47.6 Å². The number of amides is 1. The maximum atomic E-state index is 11.5. The van der Waals surface area contributed by atoms with Crippen LogP contribution >= 0.6 is 27.5 Å². The first-order valence-corrected chi connectivity index (χ1v) is 6.35. The lowest BCUT2D eigenvalue weighted by Gasteiger charge is -2.20. The van der Waals surface area contributed by atoms with Crippen LogP contribution in [0.1, 0.15) is 6.92 Å². The number of hydrogen-bond acceptors (Lipinski definition) is 3. The van der Waals surface area contributed by atoms with Crippen molar-refractivity contribution in [1.29, 1.82) is 0 Å². The second-order valence-corrected chi connectivity index (χ2v) is 5.09. The minimum atomic E-state index is -0.588. The molecule has 4 nitrogen and oxygen atoms in total. The summed E-state index contributed by atoms with van der Waals surface area (Å²) in [6.45, 7) is 2.65. The van der Waals surface area contributed by atoms with Gasteiger partial charge in [0.05, 0.1) is 5.69 Å². The van der Waals surface area contributed by atoms with Crippen molar-refractivity contribution < 1.29 is 14.3 Å². The third-order valence-electron chi connectivity index (χ3n) is 2.25. The Balaban J connectivity index is 2.26. The molecule has 6 heteroatoms. The smallest absolute Gasteiger partial charge is 0.242 e. The Hall–Kier alpha value is -0.940. The Morgan fingerprint density at radius 1 is 1.41 bits per heavy atom. The first-order valence-electron chi connectivity index (χ1n) is 5.12. The fourth-order valence-corrected chi connectivity index (χ4v) is 1.87. The van der Waals surface area contributed by atoms with E-state index in [0.29, 0.717) is 30.4 Å². The van der Waals surface area contributed by atoms with Gasteiger partial charge in [-0.2, -0.15) is 0 Å². The molecule has 0 radical (unpaired) electrons. The van der Waals surface area contributed by atoms with Crippen LogP contribution in [0.25, 0.3) is 0 Å². The van der Waals surface area contributed by atoms with Gasteiger partial charge in [0.1, 0.15) is 18.6 Å². The first kappa shape index (κ1) is 12.5. The second kappa shape index (κ2) is 5.14. The molecule has 1 aromatic carbocycles. The maximum Gasteiger partial charge on any atom is 0.242 e. The van der Waals surface area contributed by atoms with Gasteiger partial charge in [0, 0.05) is 16.6 Å². The van der Waals surface area contributed by atoms with Crippen molar-refractivity contribution in [2.75, 3.05) is 18.5 Å². The standard InChI is InChI=1S/C11H11BrClNO3/c1-6(13)11(15)14-8-5-10-9(4-7(8)12)16-2-3-17-10/h4-6H,2-3H2,1H3,(H,14,15). The number of halogens is 2. The molecule has 1 aliphatic heterocycles. The molecule has 0 aliphatic carbocycles. The van der Waals surface area contributed by atoms with E-state index in [9.17, 15) is 4.79 Å². The molecule has 1 unspecified atom stereocenters. The summed E-state index contributed by atoms with van der Waals surface area (Å²) in [4.78, 5) is 11.5. The molecule has 0 saturated carbocycles. The Morgan fingerprint density at radius 2 is 2.00 bits per heavy atom. The summed E-state index contributed by atoms with van der Waals surface area (Å²) < 4.78 is 11.6. The highest BCUT2D eigenvalue weighted by atomic mass is 79.9. The van der Waals surface area contributed by atoms with E-state index in [0.717, 1.165) is 4.47 Å². The van der Waals surface area contributed by atoms with Gasteiger partial charge in [0.25, 0.3) is 0 Å². The molecule has 1 aromatic rings. The van der Waals surface area contributed by atoms with Crippen LogP contribution in [0.15, 0.2) is 16.6 Å². The summed E-state index contributed by atoms with van der Waals surface area (Å²) in [6.07, 6.45) is 0. The van der Waals surface area contributed by atoms with E-state index in [1.54, 1.807) is 19.1 Å². The van der Waals surface area contributed by atoms with Gasteiger partial charge in [0.15, 0.2) is 11.5 Å². The van der Waals surface area contributed by atoms with Gasteiger partial charge in [0.2, 0.25) is 5.91 Å². The number of rotatable bonds is 2. The normalized spacial score (nSPS) is 15.2. The molecule has 0 spiro atoms. The molecular formula is C11H11BrClNO3. The summed E-state index contributed by atoms with van der Waals surface area (Å²) in [6, 6.07) is 3.48. The quantitative estimate of drug-likeness (QED) is 0.852. The van der Waals surface area contributed by atoms with E-state index in [4.69, 9.17) is 21.1 Å². The highest BCUT2D eigenvalue weighted by Crippen LogP contribution is 2.38. The van der Waals surface area contributed by atoms with Crippen LogP contribution in [0, 0.1) is 0 Å². The number of carbonyl (C=O) groups is 1. The van der Waals surface area contributed by atoms with Crippen LogP contribution < -0.4 is 14.8 Å². The fourth-order valence-electron chi connectivity index (χ4n) is 1.39. The van der Waals surface area contributed by atoms with Crippen LogP contribution in [-0.2, 0) is 4.79 Å². The molecular weight excluding hydrogens is 309 g/mol. The van der Waals surface area contributed by atoms with Gasteiger partial charge in [-0.05, 0) is 22.9 Å². The number of anilines is 1. The number of fused-ring (bicyclic) bond motifs is 1. The molecule has 2 rings (SSSR count). The number of nitrogens with one attached hydrogen (secondary N) is 1. The van der Waals surface area contributed by atoms with Gasteiger partial charge >= 0.3 is 0 Å². The van der Waals surface area contributed by atoms with Crippen LogP contribution in [0.2, 0.25) is 0 Å². The molecule has 0 bridgehead atoms. The third-order valence-corrected chi connectivity index (χ3v) is 3.11.